The maximum atomic E-state index is 3.87. The maximum absolute atomic E-state index is 3.87. The third-order valence-corrected chi connectivity index (χ3v) is 6.27. The highest BCUT2D eigenvalue weighted by atomic mass is 79.9. The van der Waals surface area contributed by atoms with E-state index in [-0.39, 0.29) is 5.54 Å². The second-order valence-corrected chi connectivity index (χ2v) is 8.25. The molecule has 2 atom stereocenters. The lowest BCUT2D eigenvalue weighted by atomic mass is 9.87. The first-order chi connectivity index (χ1) is 9.92. The Hall–Kier alpha value is -0.540. The first kappa shape index (κ1) is 15.4. The van der Waals surface area contributed by atoms with Gasteiger partial charge in [-0.25, -0.2) is 0 Å². The molecule has 0 spiro atoms. The number of piperazine rings is 1. The zero-order valence-electron chi connectivity index (χ0n) is 13.6. The zero-order valence-corrected chi connectivity index (χ0v) is 15.2. The average molecular weight is 351 g/mol. The van der Waals surface area contributed by atoms with Crippen LogP contribution in [0.1, 0.15) is 39.2 Å². The number of hydrogen-bond acceptors (Lipinski definition) is 2. The number of anilines is 1. The largest absolute Gasteiger partial charge is 0.365 e. The van der Waals surface area contributed by atoms with Gasteiger partial charge in [-0.1, -0.05) is 35.8 Å². The maximum Gasteiger partial charge on any atom is 0.0438 e. The minimum atomic E-state index is 0.278. The minimum absolute atomic E-state index is 0.278. The lowest BCUT2D eigenvalue weighted by molar-refractivity contribution is 0.233. The van der Waals surface area contributed by atoms with Crippen molar-refractivity contribution in [1.82, 2.24) is 5.32 Å². The first-order valence-corrected chi connectivity index (χ1v) is 8.98. The smallest absolute Gasteiger partial charge is 0.0438 e. The SMILES string of the molecule is Cc1c(Br)cccc1N1CC(C)(C2CC2)NCC1C(C)C. The molecule has 1 aromatic carbocycles. The molecule has 0 bridgehead atoms. The molecule has 3 rings (SSSR count). The molecule has 3 heteroatoms. The van der Waals surface area contributed by atoms with Crippen molar-refractivity contribution in [2.24, 2.45) is 11.8 Å². The number of nitrogens with zero attached hydrogens (tertiary/aromatic N) is 1. The molecule has 1 aliphatic heterocycles. The minimum Gasteiger partial charge on any atom is -0.365 e. The van der Waals surface area contributed by atoms with Crippen molar-refractivity contribution in [3.63, 3.8) is 0 Å². The topological polar surface area (TPSA) is 15.3 Å². The van der Waals surface area contributed by atoms with E-state index in [2.05, 4.69) is 72.0 Å². The Labute approximate surface area is 137 Å². The molecule has 2 nitrogen and oxygen atoms in total. The van der Waals surface area contributed by atoms with Gasteiger partial charge in [-0.2, -0.15) is 0 Å². The predicted octanol–water partition coefficient (Wildman–Crippen LogP) is 4.36. The summed E-state index contributed by atoms with van der Waals surface area (Å²) in [4.78, 5) is 2.67. The van der Waals surface area contributed by atoms with Crippen molar-refractivity contribution in [2.45, 2.75) is 52.1 Å². The van der Waals surface area contributed by atoms with E-state index >= 15 is 0 Å². The van der Waals surface area contributed by atoms with Gasteiger partial charge in [-0.05, 0) is 56.2 Å². The van der Waals surface area contributed by atoms with E-state index in [1.165, 1.54) is 28.6 Å². The van der Waals surface area contributed by atoms with Crippen LogP contribution in [0.15, 0.2) is 22.7 Å². The van der Waals surface area contributed by atoms with Crippen molar-refractivity contribution in [3.05, 3.63) is 28.2 Å². The molecule has 2 unspecified atom stereocenters. The molecule has 0 amide bonds. The Morgan fingerprint density at radius 3 is 2.67 bits per heavy atom. The number of benzene rings is 1. The van der Waals surface area contributed by atoms with Gasteiger partial charge in [0.1, 0.15) is 0 Å². The van der Waals surface area contributed by atoms with E-state index in [9.17, 15) is 0 Å². The Kier molecular flexibility index (Phi) is 4.08. The van der Waals surface area contributed by atoms with E-state index in [4.69, 9.17) is 0 Å². The molecule has 1 saturated heterocycles. The molecule has 2 fully saturated rings. The molecule has 116 valence electrons. The highest BCUT2D eigenvalue weighted by Gasteiger charge is 2.46. The summed E-state index contributed by atoms with van der Waals surface area (Å²) in [7, 11) is 0. The van der Waals surface area contributed by atoms with Gasteiger partial charge >= 0.3 is 0 Å². The second-order valence-electron chi connectivity index (χ2n) is 7.40. The third-order valence-electron chi connectivity index (χ3n) is 5.41. The molecule has 1 N–H and O–H groups in total. The number of nitrogens with one attached hydrogen (secondary N) is 1. The van der Waals surface area contributed by atoms with Crippen LogP contribution >= 0.6 is 15.9 Å². The van der Waals surface area contributed by atoms with E-state index in [1.807, 2.05) is 0 Å². The summed E-state index contributed by atoms with van der Waals surface area (Å²) in [6.07, 6.45) is 2.78. The average Bonchev–Trinajstić information content (AvgIpc) is 3.26. The molecule has 0 aromatic heterocycles. The summed E-state index contributed by atoms with van der Waals surface area (Å²) in [6.45, 7) is 11.5. The van der Waals surface area contributed by atoms with Crippen LogP contribution in [-0.4, -0.2) is 24.7 Å². The normalized spacial score (nSPS) is 30.0. The molecule has 2 aliphatic rings. The van der Waals surface area contributed by atoms with E-state index in [0.29, 0.717) is 12.0 Å². The third kappa shape index (κ3) is 2.87. The highest BCUT2D eigenvalue weighted by molar-refractivity contribution is 9.10. The van der Waals surface area contributed by atoms with Gasteiger partial charge in [0, 0.05) is 34.8 Å². The van der Waals surface area contributed by atoms with Crippen LogP contribution < -0.4 is 10.2 Å². The van der Waals surface area contributed by atoms with Gasteiger partial charge < -0.3 is 10.2 Å². The summed E-state index contributed by atoms with van der Waals surface area (Å²) in [6, 6.07) is 7.17. The number of rotatable bonds is 3. The quantitative estimate of drug-likeness (QED) is 0.870. The highest BCUT2D eigenvalue weighted by Crippen LogP contribution is 2.43. The van der Waals surface area contributed by atoms with Crippen LogP contribution in [0.4, 0.5) is 5.69 Å². The fraction of sp³-hybridized carbons (Fsp3) is 0.667. The summed E-state index contributed by atoms with van der Waals surface area (Å²) < 4.78 is 1.22. The van der Waals surface area contributed by atoms with Gasteiger partial charge in [-0.3, -0.25) is 0 Å². The molecular formula is C18H27BrN2. The van der Waals surface area contributed by atoms with Gasteiger partial charge in [0.05, 0.1) is 0 Å². The number of hydrogen-bond donors (Lipinski definition) is 1. The van der Waals surface area contributed by atoms with E-state index in [1.54, 1.807) is 0 Å². The van der Waals surface area contributed by atoms with Crippen LogP contribution in [0.5, 0.6) is 0 Å². The summed E-state index contributed by atoms with van der Waals surface area (Å²) in [5, 5.41) is 3.87. The lowest BCUT2D eigenvalue weighted by Crippen LogP contribution is -2.65. The van der Waals surface area contributed by atoms with Crippen molar-refractivity contribution < 1.29 is 0 Å². The fourth-order valence-corrected chi connectivity index (χ4v) is 4.09. The van der Waals surface area contributed by atoms with E-state index in [0.717, 1.165) is 19.0 Å². The van der Waals surface area contributed by atoms with Gasteiger partial charge in [0.15, 0.2) is 0 Å². The summed E-state index contributed by atoms with van der Waals surface area (Å²) >= 11 is 3.70. The molecule has 0 radical (unpaired) electrons. The fourth-order valence-electron chi connectivity index (χ4n) is 3.74. The Morgan fingerprint density at radius 1 is 1.33 bits per heavy atom. The molecule has 1 heterocycles. The van der Waals surface area contributed by atoms with Gasteiger partial charge in [0.2, 0.25) is 0 Å². The molecule has 21 heavy (non-hydrogen) atoms. The molecular weight excluding hydrogens is 324 g/mol. The van der Waals surface area contributed by atoms with Crippen molar-refractivity contribution in [2.75, 3.05) is 18.0 Å². The Balaban J connectivity index is 1.95. The molecule has 1 saturated carbocycles. The predicted molar refractivity (Wildman–Crippen MR) is 94.0 cm³/mol. The molecule has 1 aromatic rings. The Bertz CT molecular complexity index is 524. The van der Waals surface area contributed by atoms with Crippen LogP contribution in [0.25, 0.3) is 0 Å². The zero-order chi connectivity index (χ0) is 15.2. The summed E-state index contributed by atoms with van der Waals surface area (Å²) in [5.41, 5.74) is 3.04. The first-order valence-electron chi connectivity index (χ1n) is 8.19. The standard InChI is InChI=1S/C18H27BrN2/c1-12(2)17-10-20-18(4,14-8-9-14)11-21(17)16-7-5-6-15(19)13(16)3/h5-7,12,14,17,20H,8-11H2,1-4H3. The van der Waals surface area contributed by atoms with Crippen LogP contribution in [0, 0.1) is 18.8 Å². The van der Waals surface area contributed by atoms with Crippen LogP contribution in [0.2, 0.25) is 0 Å². The van der Waals surface area contributed by atoms with Crippen molar-refractivity contribution in [3.8, 4) is 0 Å². The monoisotopic (exact) mass is 350 g/mol. The van der Waals surface area contributed by atoms with Crippen molar-refractivity contribution in [1.29, 1.82) is 0 Å². The number of halogens is 1. The second kappa shape index (κ2) is 5.58. The van der Waals surface area contributed by atoms with Crippen LogP contribution in [0.3, 0.4) is 0 Å². The van der Waals surface area contributed by atoms with Crippen molar-refractivity contribution >= 4 is 21.6 Å². The lowest BCUT2D eigenvalue weighted by Gasteiger charge is -2.49. The van der Waals surface area contributed by atoms with Gasteiger partial charge in [-0.15, -0.1) is 0 Å². The van der Waals surface area contributed by atoms with E-state index < -0.39 is 0 Å². The summed E-state index contributed by atoms with van der Waals surface area (Å²) in [5.74, 6) is 1.51. The molecule has 1 aliphatic carbocycles. The van der Waals surface area contributed by atoms with Crippen LogP contribution in [-0.2, 0) is 0 Å². The van der Waals surface area contributed by atoms with Gasteiger partial charge in [0.25, 0.3) is 0 Å². The Morgan fingerprint density at radius 2 is 2.05 bits per heavy atom.